The molecule has 0 aromatic heterocycles. The van der Waals surface area contributed by atoms with Gasteiger partial charge in [-0.3, -0.25) is 10.1 Å². The number of rotatable bonds is 7. The van der Waals surface area contributed by atoms with Crippen molar-refractivity contribution in [1.29, 1.82) is 5.26 Å². The molecule has 0 bridgehead atoms. The second-order valence-corrected chi connectivity index (χ2v) is 4.94. The molecule has 19 heavy (non-hydrogen) atoms. The molecule has 1 rings (SSSR count). The van der Waals surface area contributed by atoms with Crippen LogP contribution in [0.15, 0.2) is 18.2 Å². The lowest BCUT2D eigenvalue weighted by molar-refractivity contribution is -0.385. The summed E-state index contributed by atoms with van der Waals surface area (Å²) in [6, 6.07) is 7.04. The zero-order valence-electron chi connectivity index (χ0n) is 10.5. The van der Waals surface area contributed by atoms with Gasteiger partial charge >= 0.3 is 0 Å². The molecule has 1 aromatic rings. The first-order valence-electron chi connectivity index (χ1n) is 5.65. The maximum atomic E-state index is 10.8. The van der Waals surface area contributed by atoms with Crippen molar-refractivity contribution in [2.24, 2.45) is 0 Å². The van der Waals surface area contributed by atoms with Crippen LogP contribution in [0.1, 0.15) is 6.42 Å². The number of hydrogen-bond acceptors (Lipinski definition) is 5. The van der Waals surface area contributed by atoms with Crippen LogP contribution in [0.25, 0.3) is 0 Å². The van der Waals surface area contributed by atoms with E-state index in [0.29, 0.717) is 29.7 Å². The summed E-state index contributed by atoms with van der Waals surface area (Å²) in [4.78, 5) is 12.4. The fourth-order valence-corrected chi connectivity index (χ4v) is 2.29. The predicted octanol–water partition coefficient (Wildman–Crippen LogP) is 2.57. The Labute approximate surface area is 125 Å². The van der Waals surface area contributed by atoms with Crippen LogP contribution in [0.4, 0.5) is 11.4 Å². The molecular weight excluding hydrogens is 361 g/mol. The lowest BCUT2D eigenvalue weighted by Gasteiger charge is -2.23. The summed E-state index contributed by atoms with van der Waals surface area (Å²) in [6.07, 6.45) is 0.400. The molecule has 0 saturated heterocycles. The van der Waals surface area contributed by atoms with E-state index in [1.807, 2.05) is 27.5 Å². The number of nitrogens with zero attached hydrogens (tertiary/aromatic N) is 3. The lowest BCUT2D eigenvalue weighted by atomic mass is 10.2. The monoisotopic (exact) mass is 375 g/mol. The van der Waals surface area contributed by atoms with Gasteiger partial charge in [-0.2, -0.15) is 5.26 Å². The topological polar surface area (TPSA) is 79.4 Å². The van der Waals surface area contributed by atoms with Crippen molar-refractivity contribution in [3.05, 3.63) is 31.9 Å². The van der Waals surface area contributed by atoms with Gasteiger partial charge in [0, 0.05) is 32.0 Å². The van der Waals surface area contributed by atoms with E-state index in [1.54, 1.807) is 19.2 Å². The number of hydrogen-bond donors (Lipinski definition) is 0. The number of halogens is 1. The molecule has 0 radical (unpaired) electrons. The fraction of sp³-hybridized carbons (Fsp3) is 0.417. The third-order valence-electron chi connectivity index (χ3n) is 2.55. The first-order valence-corrected chi connectivity index (χ1v) is 6.72. The van der Waals surface area contributed by atoms with E-state index in [1.165, 1.54) is 6.07 Å². The Morgan fingerprint density at radius 2 is 2.26 bits per heavy atom. The molecule has 0 aliphatic carbocycles. The average molecular weight is 375 g/mol. The average Bonchev–Trinajstić information content (AvgIpc) is 2.38. The molecule has 0 N–H and O–H groups in total. The van der Waals surface area contributed by atoms with E-state index in [-0.39, 0.29) is 5.69 Å². The molecule has 0 aliphatic heterocycles. The third kappa shape index (κ3) is 4.65. The SMILES string of the molecule is COCCN(CCC#N)c1ccc([N+](=O)[O-])c(I)c1. The van der Waals surface area contributed by atoms with Crippen molar-refractivity contribution in [2.45, 2.75) is 6.42 Å². The number of methoxy groups -OCH3 is 1. The highest BCUT2D eigenvalue weighted by Gasteiger charge is 2.14. The maximum absolute atomic E-state index is 10.8. The van der Waals surface area contributed by atoms with Gasteiger partial charge in [0.15, 0.2) is 0 Å². The minimum absolute atomic E-state index is 0.0938. The van der Waals surface area contributed by atoms with E-state index >= 15 is 0 Å². The lowest BCUT2D eigenvalue weighted by Crippen LogP contribution is -2.28. The Morgan fingerprint density at radius 1 is 1.53 bits per heavy atom. The highest BCUT2D eigenvalue weighted by molar-refractivity contribution is 14.1. The second-order valence-electron chi connectivity index (χ2n) is 3.78. The first-order chi connectivity index (χ1) is 9.10. The molecule has 102 valence electrons. The summed E-state index contributed by atoms with van der Waals surface area (Å²) in [5, 5.41) is 19.4. The summed E-state index contributed by atoms with van der Waals surface area (Å²) in [5.74, 6) is 0. The Bertz CT molecular complexity index is 488. The van der Waals surface area contributed by atoms with Crippen LogP contribution >= 0.6 is 22.6 Å². The quantitative estimate of drug-likeness (QED) is 0.416. The summed E-state index contributed by atoms with van der Waals surface area (Å²) in [6.45, 7) is 1.76. The predicted molar refractivity (Wildman–Crippen MR) is 80.1 cm³/mol. The van der Waals surface area contributed by atoms with Crippen LogP contribution < -0.4 is 4.90 Å². The maximum Gasteiger partial charge on any atom is 0.282 e. The first kappa shape index (κ1) is 15.7. The van der Waals surface area contributed by atoms with Crippen molar-refractivity contribution < 1.29 is 9.66 Å². The molecule has 0 amide bonds. The van der Waals surface area contributed by atoms with E-state index in [2.05, 4.69) is 6.07 Å². The largest absolute Gasteiger partial charge is 0.383 e. The van der Waals surface area contributed by atoms with Crippen LogP contribution in [0.3, 0.4) is 0 Å². The van der Waals surface area contributed by atoms with E-state index in [0.717, 1.165) is 5.69 Å². The molecule has 0 heterocycles. The van der Waals surface area contributed by atoms with Gasteiger partial charge in [-0.1, -0.05) is 0 Å². The highest BCUT2D eigenvalue weighted by Crippen LogP contribution is 2.26. The van der Waals surface area contributed by atoms with Gasteiger partial charge in [0.2, 0.25) is 0 Å². The summed E-state index contributed by atoms with van der Waals surface area (Å²) >= 11 is 1.95. The van der Waals surface area contributed by atoms with E-state index in [9.17, 15) is 10.1 Å². The molecule has 1 aromatic carbocycles. The van der Waals surface area contributed by atoms with Gasteiger partial charge in [0.1, 0.15) is 0 Å². The minimum Gasteiger partial charge on any atom is -0.383 e. The van der Waals surface area contributed by atoms with E-state index in [4.69, 9.17) is 10.00 Å². The van der Waals surface area contributed by atoms with Crippen molar-refractivity contribution in [3.8, 4) is 6.07 Å². The zero-order chi connectivity index (χ0) is 14.3. The van der Waals surface area contributed by atoms with Crippen LogP contribution in [0.5, 0.6) is 0 Å². The Kier molecular flexibility index (Phi) is 6.52. The molecule has 0 fully saturated rings. The highest BCUT2D eigenvalue weighted by atomic mass is 127. The smallest absolute Gasteiger partial charge is 0.282 e. The van der Waals surface area contributed by atoms with Crippen LogP contribution in [-0.2, 0) is 4.74 Å². The van der Waals surface area contributed by atoms with Gasteiger partial charge in [0.25, 0.3) is 5.69 Å². The Hall–Kier alpha value is -1.40. The van der Waals surface area contributed by atoms with Gasteiger partial charge < -0.3 is 9.64 Å². The molecule has 0 atom stereocenters. The summed E-state index contributed by atoms with van der Waals surface area (Å²) in [5.41, 5.74) is 0.957. The zero-order valence-corrected chi connectivity index (χ0v) is 12.7. The summed E-state index contributed by atoms with van der Waals surface area (Å²) < 4.78 is 5.61. The number of anilines is 1. The molecule has 7 heteroatoms. The van der Waals surface area contributed by atoms with Gasteiger partial charge in [-0.05, 0) is 34.7 Å². The van der Waals surface area contributed by atoms with Crippen molar-refractivity contribution >= 4 is 34.0 Å². The fourth-order valence-electron chi connectivity index (χ4n) is 1.60. The number of nitriles is 1. The second kappa shape index (κ2) is 7.91. The van der Waals surface area contributed by atoms with Crippen LogP contribution in [0, 0.1) is 25.0 Å². The molecule has 6 nitrogen and oxygen atoms in total. The van der Waals surface area contributed by atoms with Crippen LogP contribution in [0.2, 0.25) is 0 Å². The molecule has 0 saturated carbocycles. The molecule has 0 aliphatic rings. The third-order valence-corrected chi connectivity index (χ3v) is 3.42. The number of ether oxygens (including phenoxy) is 1. The van der Waals surface area contributed by atoms with E-state index < -0.39 is 4.92 Å². The summed E-state index contributed by atoms with van der Waals surface area (Å²) in [7, 11) is 1.61. The Morgan fingerprint density at radius 3 is 2.79 bits per heavy atom. The van der Waals surface area contributed by atoms with Gasteiger partial charge in [-0.25, -0.2) is 0 Å². The van der Waals surface area contributed by atoms with Crippen LogP contribution in [-0.4, -0.2) is 31.7 Å². The number of nitro benzene ring substituents is 1. The molecular formula is C12H14IN3O3. The minimum atomic E-state index is -0.402. The number of benzene rings is 1. The van der Waals surface area contributed by atoms with Gasteiger partial charge in [0.05, 0.1) is 27.6 Å². The van der Waals surface area contributed by atoms with Crippen molar-refractivity contribution in [2.75, 3.05) is 31.7 Å². The van der Waals surface area contributed by atoms with Crippen molar-refractivity contribution in [1.82, 2.24) is 0 Å². The van der Waals surface area contributed by atoms with Gasteiger partial charge in [-0.15, -0.1) is 0 Å². The molecule has 0 spiro atoms. The molecule has 0 unspecified atom stereocenters. The normalized spacial score (nSPS) is 9.95. The standard InChI is InChI=1S/C12H14IN3O3/c1-19-8-7-15(6-2-5-14)10-3-4-12(16(17)18)11(13)9-10/h3-4,9H,2,6-8H2,1H3. The van der Waals surface area contributed by atoms with Crippen molar-refractivity contribution in [3.63, 3.8) is 0 Å². The Balaban J connectivity index is 2.92. The number of nitro groups is 1.